The number of hydrogen-bond acceptors (Lipinski definition) is 2. The van der Waals surface area contributed by atoms with E-state index in [0.717, 1.165) is 12.2 Å². The average Bonchev–Trinajstić information content (AvgIpc) is 2.51. The Labute approximate surface area is 103 Å². The summed E-state index contributed by atoms with van der Waals surface area (Å²) in [4.78, 5) is 4.21. The topological polar surface area (TPSA) is 43.8 Å². The maximum atomic E-state index is 6.02. The Morgan fingerprint density at radius 1 is 1.29 bits per heavy atom. The smallest absolute Gasteiger partial charge is 0.0692 e. The van der Waals surface area contributed by atoms with E-state index in [2.05, 4.69) is 37.2 Å². The molecular weight excluding hydrogens is 210 g/mol. The van der Waals surface area contributed by atoms with Crippen LogP contribution in [0.5, 0.6) is 0 Å². The molecule has 2 heterocycles. The maximum Gasteiger partial charge on any atom is 0.0692 e. The Hall–Kier alpha value is -1.51. The predicted octanol–water partition coefficient (Wildman–Crippen LogP) is 3.28. The minimum Gasteiger partial charge on any atom is -0.397 e. The molecule has 92 valence electrons. The molecule has 0 aliphatic carbocycles. The van der Waals surface area contributed by atoms with Gasteiger partial charge in [0, 0.05) is 17.6 Å². The van der Waals surface area contributed by atoms with Crippen LogP contribution in [0.2, 0.25) is 0 Å². The fraction of sp³-hybridized carbons (Fsp3) is 0.500. The van der Waals surface area contributed by atoms with Gasteiger partial charge in [0.25, 0.3) is 0 Å². The van der Waals surface area contributed by atoms with E-state index >= 15 is 0 Å². The van der Waals surface area contributed by atoms with Gasteiger partial charge in [-0.2, -0.15) is 0 Å². The third-order valence-electron chi connectivity index (χ3n) is 3.50. The number of fused-ring (bicyclic) bond motifs is 1. The van der Waals surface area contributed by atoms with Crippen molar-refractivity contribution in [1.82, 2.24) is 9.55 Å². The molecule has 0 radical (unpaired) electrons. The number of aromatic nitrogens is 2. The van der Waals surface area contributed by atoms with Crippen molar-refractivity contribution in [3.05, 3.63) is 23.7 Å². The van der Waals surface area contributed by atoms with Crippen LogP contribution >= 0.6 is 0 Å². The number of rotatable bonds is 3. The van der Waals surface area contributed by atoms with Gasteiger partial charge in [0.2, 0.25) is 0 Å². The number of aryl methyl sites for hydroxylation is 2. The molecule has 2 aromatic heterocycles. The molecule has 0 fully saturated rings. The molecule has 0 unspecified atom stereocenters. The highest BCUT2D eigenvalue weighted by Crippen LogP contribution is 2.29. The number of anilines is 1. The monoisotopic (exact) mass is 231 g/mol. The third-order valence-corrected chi connectivity index (χ3v) is 3.50. The lowest BCUT2D eigenvalue weighted by atomic mass is 10.1. The molecule has 0 aliphatic rings. The van der Waals surface area contributed by atoms with E-state index in [1.54, 1.807) is 6.20 Å². The van der Waals surface area contributed by atoms with Crippen molar-refractivity contribution in [2.75, 3.05) is 5.73 Å². The zero-order valence-electron chi connectivity index (χ0n) is 11.1. The Bertz CT molecular complexity index is 538. The van der Waals surface area contributed by atoms with Crippen molar-refractivity contribution in [2.45, 2.75) is 40.7 Å². The van der Waals surface area contributed by atoms with Crippen molar-refractivity contribution in [3.63, 3.8) is 0 Å². The minimum absolute atomic E-state index is 0.709. The highest BCUT2D eigenvalue weighted by atomic mass is 15.0. The van der Waals surface area contributed by atoms with Gasteiger partial charge in [0.15, 0.2) is 0 Å². The van der Waals surface area contributed by atoms with E-state index in [0.29, 0.717) is 5.92 Å². The predicted molar refractivity (Wildman–Crippen MR) is 73.1 cm³/mol. The van der Waals surface area contributed by atoms with E-state index in [-0.39, 0.29) is 0 Å². The molecule has 0 bridgehead atoms. The zero-order valence-corrected chi connectivity index (χ0v) is 11.1. The van der Waals surface area contributed by atoms with Gasteiger partial charge in [-0.1, -0.05) is 13.8 Å². The molecule has 2 rings (SSSR count). The van der Waals surface area contributed by atoms with Gasteiger partial charge in [-0.3, -0.25) is 4.98 Å². The Morgan fingerprint density at radius 2 is 2.00 bits per heavy atom. The standard InChI is InChI=1S/C14H21N3/c1-9(2)5-6-17-11(4)10(3)14-12(15)7-16-8-13(14)17/h7-9H,5-6,15H2,1-4H3. The number of nitrogens with two attached hydrogens (primary N) is 1. The second-order valence-corrected chi connectivity index (χ2v) is 5.17. The number of pyridine rings is 1. The summed E-state index contributed by atoms with van der Waals surface area (Å²) in [7, 11) is 0. The molecule has 2 aromatic rings. The highest BCUT2D eigenvalue weighted by molar-refractivity contribution is 5.94. The molecule has 0 atom stereocenters. The van der Waals surface area contributed by atoms with Crippen LogP contribution < -0.4 is 5.73 Å². The van der Waals surface area contributed by atoms with Crippen molar-refractivity contribution in [1.29, 1.82) is 0 Å². The van der Waals surface area contributed by atoms with Crippen molar-refractivity contribution in [3.8, 4) is 0 Å². The first-order valence-corrected chi connectivity index (χ1v) is 6.21. The second kappa shape index (κ2) is 4.40. The molecule has 0 saturated heterocycles. The van der Waals surface area contributed by atoms with E-state index in [4.69, 9.17) is 5.73 Å². The SMILES string of the molecule is Cc1c(C)n(CCC(C)C)c2cncc(N)c12. The first-order chi connectivity index (χ1) is 8.02. The molecule has 0 amide bonds. The van der Waals surface area contributed by atoms with Crippen molar-refractivity contribution >= 4 is 16.6 Å². The van der Waals surface area contributed by atoms with Crippen LogP contribution in [0.25, 0.3) is 10.9 Å². The number of hydrogen-bond donors (Lipinski definition) is 1. The summed E-state index contributed by atoms with van der Waals surface area (Å²) in [6, 6.07) is 0. The number of nitrogen functional groups attached to an aromatic ring is 1. The summed E-state index contributed by atoms with van der Waals surface area (Å²) in [6.07, 6.45) is 4.84. The normalized spacial score (nSPS) is 11.6. The minimum atomic E-state index is 0.709. The van der Waals surface area contributed by atoms with E-state index in [1.807, 2.05) is 6.20 Å². The molecule has 3 heteroatoms. The first-order valence-electron chi connectivity index (χ1n) is 6.21. The van der Waals surface area contributed by atoms with Crippen LogP contribution in [-0.4, -0.2) is 9.55 Å². The average molecular weight is 231 g/mol. The van der Waals surface area contributed by atoms with Gasteiger partial charge in [-0.15, -0.1) is 0 Å². The summed E-state index contributed by atoms with van der Waals surface area (Å²) in [6.45, 7) is 9.84. The molecule has 0 aliphatic heterocycles. The Morgan fingerprint density at radius 3 is 2.65 bits per heavy atom. The molecule has 3 nitrogen and oxygen atoms in total. The molecule has 0 saturated carbocycles. The van der Waals surface area contributed by atoms with Crippen LogP contribution in [0.1, 0.15) is 31.5 Å². The fourth-order valence-corrected chi connectivity index (χ4v) is 2.32. The Kier molecular flexibility index (Phi) is 3.09. The van der Waals surface area contributed by atoms with Crippen LogP contribution in [0.4, 0.5) is 5.69 Å². The van der Waals surface area contributed by atoms with Crippen molar-refractivity contribution < 1.29 is 0 Å². The van der Waals surface area contributed by atoms with Gasteiger partial charge in [-0.25, -0.2) is 0 Å². The van der Waals surface area contributed by atoms with E-state index < -0.39 is 0 Å². The first kappa shape index (κ1) is 12.0. The molecular formula is C14H21N3. The summed E-state index contributed by atoms with van der Waals surface area (Å²) < 4.78 is 2.34. The van der Waals surface area contributed by atoms with Crippen molar-refractivity contribution in [2.24, 2.45) is 5.92 Å². The van der Waals surface area contributed by atoms with Gasteiger partial charge in [-0.05, 0) is 31.7 Å². The van der Waals surface area contributed by atoms with Crippen LogP contribution in [-0.2, 0) is 6.54 Å². The van der Waals surface area contributed by atoms with Crippen LogP contribution in [0, 0.1) is 19.8 Å². The molecule has 0 spiro atoms. The molecule has 0 aromatic carbocycles. The fourth-order valence-electron chi connectivity index (χ4n) is 2.32. The second-order valence-electron chi connectivity index (χ2n) is 5.17. The third kappa shape index (κ3) is 2.02. The van der Waals surface area contributed by atoms with Crippen LogP contribution in [0.15, 0.2) is 12.4 Å². The van der Waals surface area contributed by atoms with E-state index in [1.165, 1.54) is 28.6 Å². The summed E-state index contributed by atoms with van der Waals surface area (Å²) in [5, 5.41) is 1.17. The molecule has 2 N–H and O–H groups in total. The van der Waals surface area contributed by atoms with Crippen LogP contribution in [0.3, 0.4) is 0 Å². The van der Waals surface area contributed by atoms with Gasteiger partial charge < -0.3 is 10.3 Å². The van der Waals surface area contributed by atoms with Gasteiger partial charge in [0.05, 0.1) is 23.6 Å². The van der Waals surface area contributed by atoms with Gasteiger partial charge in [0.1, 0.15) is 0 Å². The highest BCUT2D eigenvalue weighted by Gasteiger charge is 2.13. The summed E-state index contributed by atoms with van der Waals surface area (Å²) >= 11 is 0. The summed E-state index contributed by atoms with van der Waals surface area (Å²) in [5.41, 5.74) is 10.6. The lowest BCUT2D eigenvalue weighted by Gasteiger charge is -2.10. The Balaban J connectivity index is 2.55. The largest absolute Gasteiger partial charge is 0.397 e. The quantitative estimate of drug-likeness (QED) is 0.881. The lowest BCUT2D eigenvalue weighted by molar-refractivity contribution is 0.519. The summed E-state index contributed by atoms with van der Waals surface area (Å²) in [5.74, 6) is 0.709. The lowest BCUT2D eigenvalue weighted by Crippen LogP contribution is -2.03. The van der Waals surface area contributed by atoms with E-state index in [9.17, 15) is 0 Å². The molecule has 17 heavy (non-hydrogen) atoms. The van der Waals surface area contributed by atoms with Gasteiger partial charge >= 0.3 is 0 Å². The zero-order chi connectivity index (χ0) is 12.6. The maximum absolute atomic E-state index is 6.02. The number of nitrogens with zero attached hydrogens (tertiary/aromatic N) is 2.